The lowest BCUT2D eigenvalue weighted by atomic mass is 10.0. The molecule has 0 fully saturated rings. The molecule has 2 aromatic rings. The lowest BCUT2D eigenvalue weighted by molar-refractivity contribution is -0.383. The number of carbonyl (C=O) groups excluding carboxylic acids is 1. The summed E-state index contributed by atoms with van der Waals surface area (Å²) >= 11 is 0. The molecule has 7 nitrogen and oxygen atoms in total. The number of anilines is 1. The van der Waals surface area contributed by atoms with Crippen molar-refractivity contribution in [3.63, 3.8) is 0 Å². The van der Waals surface area contributed by atoms with Gasteiger partial charge in [-0.05, 0) is 26.0 Å². The first-order valence-electron chi connectivity index (χ1n) is 7.83. The van der Waals surface area contributed by atoms with E-state index in [1.54, 1.807) is 12.1 Å². The molecule has 0 radical (unpaired) electrons. The predicted octanol–water partition coefficient (Wildman–Crippen LogP) is 3.33. The molecule has 1 N–H and O–H groups in total. The highest BCUT2D eigenvalue weighted by Crippen LogP contribution is 2.41. The SMILES string of the molecule is CC1(C)Cc2cccc(OCC(=O)Nc3ccccc3[N+](=O)[O-])c2O1. The minimum absolute atomic E-state index is 0.136. The summed E-state index contributed by atoms with van der Waals surface area (Å²) in [5.41, 5.74) is 0.689. The van der Waals surface area contributed by atoms with Gasteiger partial charge in [0, 0.05) is 18.1 Å². The highest BCUT2D eigenvalue weighted by Gasteiger charge is 2.32. The van der Waals surface area contributed by atoms with Crippen LogP contribution < -0.4 is 14.8 Å². The number of hydrogen-bond donors (Lipinski definition) is 1. The van der Waals surface area contributed by atoms with E-state index in [0.717, 1.165) is 12.0 Å². The second kappa shape index (κ2) is 6.43. The van der Waals surface area contributed by atoms with E-state index in [9.17, 15) is 14.9 Å². The van der Waals surface area contributed by atoms with Gasteiger partial charge in [0.2, 0.25) is 0 Å². The average Bonchev–Trinajstić information content (AvgIpc) is 2.87. The van der Waals surface area contributed by atoms with Crippen LogP contribution in [0.4, 0.5) is 11.4 Å². The Morgan fingerprint density at radius 3 is 2.80 bits per heavy atom. The van der Waals surface area contributed by atoms with E-state index in [2.05, 4.69) is 5.32 Å². The molecule has 0 unspecified atom stereocenters. The fourth-order valence-electron chi connectivity index (χ4n) is 2.77. The molecule has 0 aliphatic carbocycles. The molecule has 3 rings (SSSR count). The number of para-hydroxylation sites is 3. The highest BCUT2D eigenvalue weighted by atomic mass is 16.6. The third-order valence-corrected chi connectivity index (χ3v) is 3.79. The van der Waals surface area contributed by atoms with Gasteiger partial charge >= 0.3 is 0 Å². The van der Waals surface area contributed by atoms with Crippen molar-refractivity contribution in [1.82, 2.24) is 0 Å². The van der Waals surface area contributed by atoms with Crippen molar-refractivity contribution < 1.29 is 19.2 Å². The molecule has 0 bridgehead atoms. The molecular formula is C18H18N2O5. The zero-order chi connectivity index (χ0) is 18.0. The molecule has 130 valence electrons. The Morgan fingerprint density at radius 2 is 2.04 bits per heavy atom. The molecule has 1 amide bonds. The van der Waals surface area contributed by atoms with E-state index in [-0.39, 0.29) is 23.6 Å². The maximum Gasteiger partial charge on any atom is 0.292 e. The summed E-state index contributed by atoms with van der Waals surface area (Å²) in [5, 5.41) is 13.5. The van der Waals surface area contributed by atoms with Gasteiger partial charge in [-0.1, -0.05) is 24.3 Å². The van der Waals surface area contributed by atoms with E-state index >= 15 is 0 Å². The molecule has 7 heteroatoms. The fourth-order valence-corrected chi connectivity index (χ4v) is 2.77. The number of amides is 1. The largest absolute Gasteiger partial charge is 0.483 e. The first kappa shape index (κ1) is 16.8. The van der Waals surface area contributed by atoms with Crippen LogP contribution in [0.25, 0.3) is 0 Å². The number of rotatable bonds is 5. The predicted molar refractivity (Wildman–Crippen MR) is 92.1 cm³/mol. The first-order valence-corrected chi connectivity index (χ1v) is 7.83. The van der Waals surface area contributed by atoms with Crippen LogP contribution in [-0.2, 0) is 11.2 Å². The van der Waals surface area contributed by atoms with Gasteiger partial charge in [-0.15, -0.1) is 0 Å². The number of nitrogens with zero attached hydrogens (tertiary/aromatic N) is 1. The zero-order valence-corrected chi connectivity index (χ0v) is 13.9. The van der Waals surface area contributed by atoms with E-state index in [0.29, 0.717) is 11.5 Å². The van der Waals surface area contributed by atoms with Crippen LogP contribution >= 0.6 is 0 Å². The number of carbonyl (C=O) groups is 1. The van der Waals surface area contributed by atoms with Crippen LogP contribution in [0.3, 0.4) is 0 Å². The Balaban J connectivity index is 1.67. The van der Waals surface area contributed by atoms with E-state index in [1.165, 1.54) is 18.2 Å². The van der Waals surface area contributed by atoms with Crippen LogP contribution in [-0.4, -0.2) is 23.0 Å². The van der Waals surface area contributed by atoms with E-state index < -0.39 is 10.8 Å². The van der Waals surface area contributed by atoms with Gasteiger partial charge in [0.05, 0.1) is 4.92 Å². The fraction of sp³-hybridized carbons (Fsp3) is 0.278. The number of nitro groups is 1. The number of hydrogen-bond acceptors (Lipinski definition) is 5. The number of benzene rings is 2. The average molecular weight is 342 g/mol. The standard InChI is InChI=1S/C18H18N2O5/c1-18(2)10-12-6-5-9-15(17(12)25-18)24-11-16(21)19-13-7-3-4-8-14(13)20(22)23/h3-9H,10-11H2,1-2H3,(H,19,21). The zero-order valence-electron chi connectivity index (χ0n) is 13.9. The maximum absolute atomic E-state index is 12.1. The third kappa shape index (κ3) is 3.71. The smallest absolute Gasteiger partial charge is 0.292 e. The van der Waals surface area contributed by atoms with Crippen molar-refractivity contribution in [2.45, 2.75) is 25.9 Å². The number of fused-ring (bicyclic) bond motifs is 1. The van der Waals surface area contributed by atoms with Gasteiger partial charge in [-0.3, -0.25) is 14.9 Å². The summed E-state index contributed by atoms with van der Waals surface area (Å²) in [7, 11) is 0. The highest BCUT2D eigenvalue weighted by molar-refractivity contribution is 5.94. The minimum Gasteiger partial charge on any atom is -0.483 e. The van der Waals surface area contributed by atoms with Gasteiger partial charge in [-0.25, -0.2) is 0 Å². The normalized spacial score (nSPS) is 14.3. The van der Waals surface area contributed by atoms with Crippen LogP contribution in [0.5, 0.6) is 11.5 Å². The first-order chi connectivity index (χ1) is 11.9. The molecule has 0 atom stereocenters. The van der Waals surface area contributed by atoms with Crippen molar-refractivity contribution in [3.05, 3.63) is 58.1 Å². The third-order valence-electron chi connectivity index (χ3n) is 3.79. The monoisotopic (exact) mass is 342 g/mol. The number of nitrogens with one attached hydrogen (secondary N) is 1. The Bertz CT molecular complexity index is 832. The summed E-state index contributed by atoms with van der Waals surface area (Å²) in [6.45, 7) is 3.70. The number of ether oxygens (including phenoxy) is 2. The molecule has 0 aromatic heterocycles. The summed E-state index contributed by atoms with van der Waals surface area (Å²) in [5.74, 6) is 0.649. The minimum atomic E-state index is -0.545. The maximum atomic E-state index is 12.1. The lowest BCUT2D eigenvalue weighted by Gasteiger charge is -2.18. The lowest BCUT2D eigenvalue weighted by Crippen LogP contribution is -2.25. The molecule has 0 spiro atoms. The van der Waals surface area contributed by atoms with Crippen LogP contribution in [0.1, 0.15) is 19.4 Å². The molecular weight excluding hydrogens is 324 g/mol. The Hall–Kier alpha value is -3.09. The molecule has 0 saturated carbocycles. The summed E-state index contributed by atoms with van der Waals surface area (Å²) in [6.07, 6.45) is 0.766. The second-order valence-corrected chi connectivity index (χ2v) is 6.39. The number of nitro benzene ring substituents is 1. The molecule has 0 saturated heterocycles. The molecule has 1 aliphatic heterocycles. The Kier molecular flexibility index (Phi) is 4.31. The van der Waals surface area contributed by atoms with Gasteiger partial charge in [0.1, 0.15) is 11.3 Å². The van der Waals surface area contributed by atoms with Gasteiger partial charge in [0.15, 0.2) is 18.1 Å². The van der Waals surface area contributed by atoms with Crippen LogP contribution in [0.2, 0.25) is 0 Å². The van der Waals surface area contributed by atoms with Crippen LogP contribution in [0, 0.1) is 10.1 Å². The molecule has 1 aliphatic rings. The van der Waals surface area contributed by atoms with E-state index in [4.69, 9.17) is 9.47 Å². The summed E-state index contributed by atoms with van der Waals surface area (Å²) in [4.78, 5) is 22.5. The van der Waals surface area contributed by atoms with Crippen molar-refractivity contribution in [1.29, 1.82) is 0 Å². The van der Waals surface area contributed by atoms with Crippen molar-refractivity contribution in [2.75, 3.05) is 11.9 Å². The van der Waals surface area contributed by atoms with E-state index in [1.807, 2.05) is 26.0 Å². The molecule has 1 heterocycles. The van der Waals surface area contributed by atoms with Gasteiger partial charge in [-0.2, -0.15) is 0 Å². The quantitative estimate of drug-likeness (QED) is 0.665. The summed E-state index contributed by atoms with van der Waals surface area (Å²) < 4.78 is 11.5. The molecule has 25 heavy (non-hydrogen) atoms. The van der Waals surface area contributed by atoms with Crippen molar-refractivity contribution in [2.24, 2.45) is 0 Å². The van der Waals surface area contributed by atoms with Gasteiger partial charge in [0.25, 0.3) is 11.6 Å². The second-order valence-electron chi connectivity index (χ2n) is 6.39. The van der Waals surface area contributed by atoms with Gasteiger partial charge < -0.3 is 14.8 Å². The molecule has 2 aromatic carbocycles. The van der Waals surface area contributed by atoms with Crippen molar-refractivity contribution in [3.8, 4) is 11.5 Å². The Morgan fingerprint density at radius 1 is 1.28 bits per heavy atom. The topological polar surface area (TPSA) is 90.7 Å². The Labute approximate surface area is 144 Å². The van der Waals surface area contributed by atoms with Crippen LogP contribution in [0.15, 0.2) is 42.5 Å². The van der Waals surface area contributed by atoms with Crippen molar-refractivity contribution >= 4 is 17.3 Å². The summed E-state index contributed by atoms with van der Waals surface area (Å²) in [6, 6.07) is 11.5.